The fourth-order valence-electron chi connectivity index (χ4n) is 1.92. The predicted octanol–water partition coefficient (Wildman–Crippen LogP) is 1.06. The molecule has 1 fully saturated rings. The standard InChI is InChI=1S/C15H18N2O4/c1-2-21-15(19)13(18)5-3-12-4-6-14(16-11-12)17-7-9-20-10-8-17/h3-6,11H,2,7-10H2,1H3/b5-3+. The zero-order chi connectivity index (χ0) is 15.1. The summed E-state index contributed by atoms with van der Waals surface area (Å²) in [7, 11) is 0. The summed E-state index contributed by atoms with van der Waals surface area (Å²) in [4.78, 5) is 29.1. The van der Waals surface area contributed by atoms with Gasteiger partial charge in [0.05, 0.1) is 19.8 Å². The van der Waals surface area contributed by atoms with Crippen LogP contribution in [0.3, 0.4) is 0 Å². The third-order valence-electron chi connectivity index (χ3n) is 3.01. The quantitative estimate of drug-likeness (QED) is 0.459. The van der Waals surface area contributed by atoms with Gasteiger partial charge in [-0.25, -0.2) is 9.78 Å². The molecule has 1 aromatic rings. The number of hydrogen-bond acceptors (Lipinski definition) is 6. The molecule has 0 atom stereocenters. The van der Waals surface area contributed by atoms with Crippen molar-refractivity contribution in [2.75, 3.05) is 37.8 Å². The van der Waals surface area contributed by atoms with E-state index in [0.717, 1.165) is 24.5 Å². The molecule has 0 spiro atoms. The monoisotopic (exact) mass is 290 g/mol. The van der Waals surface area contributed by atoms with Crippen molar-refractivity contribution in [3.05, 3.63) is 30.0 Å². The lowest BCUT2D eigenvalue weighted by atomic mass is 10.2. The number of ether oxygens (including phenoxy) is 2. The molecule has 1 aliphatic heterocycles. The number of morpholine rings is 1. The van der Waals surface area contributed by atoms with Crippen LogP contribution in [0.4, 0.5) is 5.82 Å². The Morgan fingerprint density at radius 2 is 2.14 bits per heavy atom. The third kappa shape index (κ3) is 4.39. The van der Waals surface area contributed by atoms with Gasteiger partial charge in [0.1, 0.15) is 5.82 Å². The zero-order valence-corrected chi connectivity index (χ0v) is 11.9. The highest BCUT2D eigenvalue weighted by Crippen LogP contribution is 2.13. The second kappa shape index (κ2) is 7.54. The molecule has 0 N–H and O–H groups in total. The number of rotatable bonds is 5. The second-order valence-electron chi connectivity index (χ2n) is 4.47. The van der Waals surface area contributed by atoms with E-state index in [0.29, 0.717) is 13.2 Å². The molecule has 2 rings (SSSR count). The summed E-state index contributed by atoms with van der Waals surface area (Å²) < 4.78 is 9.91. The first-order valence-corrected chi connectivity index (χ1v) is 6.88. The van der Waals surface area contributed by atoms with Crippen LogP contribution >= 0.6 is 0 Å². The Kier molecular flexibility index (Phi) is 5.45. The van der Waals surface area contributed by atoms with E-state index in [1.54, 1.807) is 19.2 Å². The summed E-state index contributed by atoms with van der Waals surface area (Å²) in [6.45, 7) is 4.90. The van der Waals surface area contributed by atoms with Crippen LogP contribution in [0.25, 0.3) is 6.08 Å². The Morgan fingerprint density at radius 3 is 2.76 bits per heavy atom. The number of carbonyl (C=O) groups is 2. The Morgan fingerprint density at radius 1 is 1.38 bits per heavy atom. The minimum absolute atomic E-state index is 0.189. The fraction of sp³-hybridized carbons (Fsp3) is 0.400. The van der Waals surface area contributed by atoms with Crippen molar-refractivity contribution in [1.82, 2.24) is 4.98 Å². The first-order valence-electron chi connectivity index (χ1n) is 6.88. The van der Waals surface area contributed by atoms with E-state index in [9.17, 15) is 9.59 Å². The van der Waals surface area contributed by atoms with E-state index in [1.165, 1.54) is 6.08 Å². The number of esters is 1. The number of nitrogens with zero attached hydrogens (tertiary/aromatic N) is 2. The second-order valence-corrected chi connectivity index (χ2v) is 4.47. The van der Waals surface area contributed by atoms with Gasteiger partial charge in [-0.2, -0.15) is 0 Å². The van der Waals surface area contributed by atoms with Crippen molar-refractivity contribution in [1.29, 1.82) is 0 Å². The van der Waals surface area contributed by atoms with E-state index in [1.807, 2.05) is 12.1 Å². The van der Waals surface area contributed by atoms with E-state index < -0.39 is 11.8 Å². The third-order valence-corrected chi connectivity index (χ3v) is 3.01. The minimum Gasteiger partial charge on any atom is -0.460 e. The van der Waals surface area contributed by atoms with Crippen LogP contribution in [0, 0.1) is 0 Å². The molecule has 1 saturated heterocycles. The smallest absolute Gasteiger partial charge is 0.379 e. The lowest BCUT2D eigenvalue weighted by molar-refractivity contribution is -0.151. The number of carbonyl (C=O) groups excluding carboxylic acids is 2. The first kappa shape index (κ1) is 15.2. The average molecular weight is 290 g/mol. The van der Waals surface area contributed by atoms with Gasteiger partial charge in [0, 0.05) is 19.3 Å². The summed E-state index contributed by atoms with van der Waals surface area (Å²) in [5.41, 5.74) is 0.754. The van der Waals surface area contributed by atoms with E-state index in [-0.39, 0.29) is 6.61 Å². The van der Waals surface area contributed by atoms with Gasteiger partial charge in [-0.3, -0.25) is 4.79 Å². The van der Waals surface area contributed by atoms with Crippen molar-refractivity contribution in [2.45, 2.75) is 6.92 Å². The Balaban J connectivity index is 1.95. The summed E-state index contributed by atoms with van der Waals surface area (Å²) in [6.07, 6.45) is 4.42. The molecular formula is C15H18N2O4. The maximum Gasteiger partial charge on any atom is 0.379 e. The highest BCUT2D eigenvalue weighted by Gasteiger charge is 2.12. The van der Waals surface area contributed by atoms with Crippen molar-refractivity contribution in [2.24, 2.45) is 0 Å². The molecule has 0 aliphatic carbocycles. The summed E-state index contributed by atoms with van der Waals surface area (Å²) in [5.74, 6) is -0.632. The lowest BCUT2D eigenvalue weighted by Gasteiger charge is -2.27. The normalized spacial score (nSPS) is 15.2. The summed E-state index contributed by atoms with van der Waals surface area (Å²) in [5, 5.41) is 0. The van der Waals surface area contributed by atoms with Crippen LogP contribution in [0.15, 0.2) is 24.4 Å². The molecule has 0 amide bonds. The topological polar surface area (TPSA) is 68.7 Å². The number of aromatic nitrogens is 1. The van der Waals surface area contributed by atoms with E-state index in [4.69, 9.17) is 4.74 Å². The van der Waals surface area contributed by atoms with Crippen LogP contribution < -0.4 is 4.90 Å². The largest absolute Gasteiger partial charge is 0.460 e. The molecule has 2 heterocycles. The van der Waals surface area contributed by atoms with Crippen molar-refractivity contribution in [3.63, 3.8) is 0 Å². The number of pyridine rings is 1. The van der Waals surface area contributed by atoms with Crippen LogP contribution in [0.5, 0.6) is 0 Å². The van der Waals surface area contributed by atoms with Crippen molar-refractivity contribution >= 4 is 23.6 Å². The molecule has 1 aliphatic rings. The Labute approximate surface area is 123 Å². The van der Waals surface area contributed by atoms with Gasteiger partial charge >= 0.3 is 5.97 Å². The Hall–Kier alpha value is -2.21. The Bertz CT molecular complexity index is 519. The molecular weight excluding hydrogens is 272 g/mol. The molecule has 112 valence electrons. The SMILES string of the molecule is CCOC(=O)C(=O)/C=C/c1ccc(N2CCOCC2)nc1. The molecule has 0 saturated carbocycles. The highest BCUT2D eigenvalue weighted by molar-refractivity contribution is 6.39. The fourth-order valence-corrected chi connectivity index (χ4v) is 1.92. The lowest BCUT2D eigenvalue weighted by Crippen LogP contribution is -2.36. The molecule has 21 heavy (non-hydrogen) atoms. The van der Waals surface area contributed by atoms with Crippen LogP contribution in [-0.2, 0) is 19.1 Å². The maximum atomic E-state index is 11.4. The van der Waals surface area contributed by atoms with Crippen molar-refractivity contribution < 1.29 is 19.1 Å². The van der Waals surface area contributed by atoms with Gasteiger partial charge in [-0.1, -0.05) is 0 Å². The molecule has 1 aromatic heterocycles. The minimum atomic E-state index is -0.841. The molecule has 6 heteroatoms. The number of hydrogen-bond donors (Lipinski definition) is 0. The average Bonchev–Trinajstić information content (AvgIpc) is 2.54. The molecule has 0 radical (unpaired) electrons. The van der Waals surface area contributed by atoms with Crippen LogP contribution in [-0.4, -0.2) is 49.6 Å². The molecule has 0 bridgehead atoms. The predicted molar refractivity (Wildman–Crippen MR) is 77.9 cm³/mol. The van der Waals surface area contributed by atoms with Gasteiger partial charge in [-0.15, -0.1) is 0 Å². The summed E-state index contributed by atoms with van der Waals surface area (Å²) in [6, 6.07) is 3.74. The van der Waals surface area contributed by atoms with Gasteiger partial charge in [0.25, 0.3) is 5.78 Å². The number of anilines is 1. The van der Waals surface area contributed by atoms with Crippen LogP contribution in [0.1, 0.15) is 12.5 Å². The molecule has 6 nitrogen and oxygen atoms in total. The first-order chi connectivity index (χ1) is 10.2. The number of ketones is 1. The zero-order valence-electron chi connectivity index (χ0n) is 11.9. The summed E-state index contributed by atoms with van der Waals surface area (Å²) >= 11 is 0. The van der Waals surface area contributed by atoms with E-state index in [2.05, 4.69) is 14.6 Å². The van der Waals surface area contributed by atoms with Gasteiger partial charge in [0.15, 0.2) is 0 Å². The molecule has 0 unspecified atom stereocenters. The highest BCUT2D eigenvalue weighted by atomic mass is 16.5. The van der Waals surface area contributed by atoms with Gasteiger partial charge in [0.2, 0.25) is 0 Å². The van der Waals surface area contributed by atoms with Gasteiger partial charge in [-0.05, 0) is 36.8 Å². The maximum absolute atomic E-state index is 11.4. The van der Waals surface area contributed by atoms with E-state index >= 15 is 0 Å². The van der Waals surface area contributed by atoms with Crippen LogP contribution in [0.2, 0.25) is 0 Å². The van der Waals surface area contributed by atoms with Gasteiger partial charge < -0.3 is 14.4 Å². The van der Waals surface area contributed by atoms with Crippen molar-refractivity contribution in [3.8, 4) is 0 Å². The molecule has 0 aromatic carbocycles.